The van der Waals surface area contributed by atoms with E-state index in [0.717, 1.165) is 6.07 Å². The van der Waals surface area contributed by atoms with Gasteiger partial charge in [-0.15, -0.1) is 0 Å². The maximum Gasteiger partial charge on any atom is 0.417 e. The predicted molar refractivity (Wildman–Crippen MR) is 49.8 cm³/mol. The quantitative estimate of drug-likeness (QED) is 0.829. The second-order valence-corrected chi connectivity index (χ2v) is 3.67. The minimum atomic E-state index is -4.39. The first-order valence-corrected chi connectivity index (χ1v) is 4.63. The lowest BCUT2D eigenvalue weighted by Crippen LogP contribution is -2.08. The van der Waals surface area contributed by atoms with Crippen LogP contribution in [0.4, 0.5) is 13.2 Å². The third-order valence-electron chi connectivity index (χ3n) is 1.94. The van der Waals surface area contributed by atoms with Crippen LogP contribution >= 0.6 is 15.9 Å². The van der Waals surface area contributed by atoms with Gasteiger partial charge in [0.05, 0.1) is 12.2 Å². The van der Waals surface area contributed by atoms with E-state index in [1.807, 2.05) is 0 Å². The average Bonchev–Trinajstić information content (AvgIpc) is 2.02. The SMILES string of the molecule is Cc1ccc(C(F)(F)F)c(Br)c1CO. The Labute approximate surface area is 87.7 Å². The smallest absolute Gasteiger partial charge is 0.392 e. The van der Waals surface area contributed by atoms with Gasteiger partial charge in [-0.1, -0.05) is 6.07 Å². The van der Waals surface area contributed by atoms with E-state index in [-0.39, 0.29) is 10.0 Å². The summed E-state index contributed by atoms with van der Waals surface area (Å²) in [6.07, 6.45) is -4.39. The zero-order valence-electron chi connectivity index (χ0n) is 7.32. The first-order chi connectivity index (χ1) is 6.38. The lowest BCUT2D eigenvalue weighted by Gasteiger charge is -2.13. The molecule has 0 unspecified atom stereocenters. The Hall–Kier alpha value is -0.550. The van der Waals surface area contributed by atoms with Crippen molar-refractivity contribution in [2.45, 2.75) is 19.7 Å². The summed E-state index contributed by atoms with van der Waals surface area (Å²) in [4.78, 5) is 0. The van der Waals surface area contributed by atoms with Crippen LogP contribution in [-0.4, -0.2) is 5.11 Å². The molecule has 1 aromatic carbocycles. The fourth-order valence-electron chi connectivity index (χ4n) is 1.13. The summed E-state index contributed by atoms with van der Waals surface area (Å²) >= 11 is 2.85. The molecule has 0 heterocycles. The standard InChI is InChI=1S/C9H8BrF3O/c1-5-2-3-7(9(11,12)13)8(10)6(5)4-14/h2-3,14H,4H2,1H3. The summed E-state index contributed by atoms with van der Waals surface area (Å²) in [6.45, 7) is 1.24. The molecule has 1 nitrogen and oxygen atoms in total. The zero-order chi connectivity index (χ0) is 10.9. The van der Waals surface area contributed by atoms with Crippen LogP contribution in [0, 0.1) is 6.92 Å². The fourth-order valence-corrected chi connectivity index (χ4v) is 1.93. The van der Waals surface area contributed by atoms with Crippen LogP contribution in [0.5, 0.6) is 0 Å². The highest BCUT2D eigenvalue weighted by Crippen LogP contribution is 2.37. The number of halogens is 4. The van der Waals surface area contributed by atoms with E-state index in [4.69, 9.17) is 5.11 Å². The van der Waals surface area contributed by atoms with Crippen LogP contribution in [0.3, 0.4) is 0 Å². The number of hydrogen-bond acceptors (Lipinski definition) is 1. The molecular weight excluding hydrogens is 261 g/mol. The Bertz CT molecular complexity index is 347. The van der Waals surface area contributed by atoms with Crippen LogP contribution in [0.15, 0.2) is 16.6 Å². The molecule has 1 aromatic rings. The van der Waals surface area contributed by atoms with Crippen molar-refractivity contribution in [2.24, 2.45) is 0 Å². The predicted octanol–water partition coefficient (Wildman–Crippen LogP) is 3.27. The van der Waals surface area contributed by atoms with Gasteiger partial charge in [-0.3, -0.25) is 0 Å². The normalized spacial score (nSPS) is 11.9. The molecule has 0 fully saturated rings. The van der Waals surface area contributed by atoms with Gasteiger partial charge in [-0.05, 0) is 40.0 Å². The first kappa shape index (κ1) is 11.5. The van der Waals surface area contributed by atoms with E-state index in [0.29, 0.717) is 5.56 Å². The van der Waals surface area contributed by atoms with Crippen LogP contribution < -0.4 is 0 Å². The van der Waals surface area contributed by atoms with Gasteiger partial charge in [0.15, 0.2) is 0 Å². The molecule has 5 heteroatoms. The molecule has 0 amide bonds. The topological polar surface area (TPSA) is 20.2 Å². The molecule has 0 saturated carbocycles. The minimum Gasteiger partial charge on any atom is -0.392 e. The highest BCUT2D eigenvalue weighted by molar-refractivity contribution is 9.10. The molecule has 0 bridgehead atoms. The van der Waals surface area contributed by atoms with Gasteiger partial charge in [0.2, 0.25) is 0 Å². The fraction of sp³-hybridized carbons (Fsp3) is 0.333. The molecule has 0 aromatic heterocycles. The van der Waals surface area contributed by atoms with Gasteiger partial charge in [-0.25, -0.2) is 0 Å². The van der Waals surface area contributed by atoms with Crippen molar-refractivity contribution in [1.29, 1.82) is 0 Å². The summed E-state index contributed by atoms with van der Waals surface area (Å²) < 4.78 is 37.1. The molecule has 0 saturated heterocycles. The lowest BCUT2D eigenvalue weighted by atomic mass is 10.1. The van der Waals surface area contributed by atoms with Crippen molar-refractivity contribution in [1.82, 2.24) is 0 Å². The van der Waals surface area contributed by atoms with E-state index in [9.17, 15) is 13.2 Å². The Morgan fingerprint density at radius 1 is 1.36 bits per heavy atom. The van der Waals surface area contributed by atoms with Crippen molar-refractivity contribution in [3.05, 3.63) is 33.3 Å². The number of aliphatic hydroxyl groups is 1. The van der Waals surface area contributed by atoms with E-state index < -0.39 is 18.3 Å². The van der Waals surface area contributed by atoms with E-state index in [1.165, 1.54) is 6.07 Å². The molecule has 0 aliphatic rings. The molecule has 0 radical (unpaired) electrons. The van der Waals surface area contributed by atoms with Crippen molar-refractivity contribution in [3.8, 4) is 0 Å². The summed E-state index contributed by atoms with van der Waals surface area (Å²) in [5, 5.41) is 8.89. The van der Waals surface area contributed by atoms with E-state index in [2.05, 4.69) is 15.9 Å². The second-order valence-electron chi connectivity index (χ2n) is 2.88. The van der Waals surface area contributed by atoms with Crippen LogP contribution in [0.2, 0.25) is 0 Å². The average molecular weight is 269 g/mol. The number of rotatable bonds is 1. The number of aliphatic hydroxyl groups excluding tert-OH is 1. The molecule has 0 spiro atoms. The van der Waals surface area contributed by atoms with Gasteiger partial charge in [0.25, 0.3) is 0 Å². The Balaban J connectivity index is 3.36. The van der Waals surface area contributed by atoms with E-state index >= 15 is 0 Å². The molecule has 0 atom stereocenters. The zero-order valence-corrected chi connectivity index (χ0v) is 8.91. The number of aryl methyl sites for hydroxylation is 1. The van der Waals surface area contributed by atoms with Crippen molar-refractivity contribution < 1.29 is 18.3 Å². The van der Waals surface area contributed by atoms with Crippen molar-refractivity contribution in [3.63, 3.8) is 0 Å². The van der Waals surface area contributed by atoms with Crippen LogP contribution in [0.1, 0.15) is 16.7 Å². The third-order valence-corrected chi connectivity index (χ3v) is 2.85. The van der Waals surface area contributed by atoms with Gasteiger partial charge in [0.1, 0.15) is 0 Å². The monoisotopic (exact) mass is 268 g/mol. The number of alkyl halides is 3. The largest absolute Gasteiger partial charge is 0.417 e. The second kappa shape index (κ2) is 3.90. The van der Waals surface area contributed by atoms with Gasteiger partial charge in [-0.2, -0.15) is 13.2 Å². The number of benzene rings is 1. The minimum absolute atomic E-state index is 0.0764. The molecule has 1 N–H and O–H groups in total. The third kappa shape index (κ3) is 2.09. The maximum absolute atomic E-state index is 12.4. The van der Waals surface area contributed by atoms with Gasteiger partial charge >= 0.3 is 6.18 Å². The van der Waals surface area contributed by atoms with Crippen molar-refractivity contribution in [2.75, 3.05) is 0 Å². The molecule has 14 heavy (non-hydrogen) atoms. The Kier molecular flexibility index (Phi) is 3.21. The highest BCUT2D eigenvalue weighted by atomic mass is 79.9. The molecule has 78 valence electrons. The molecule has 1 rings (SSSR count). The van der Waals surface area contributed by atoms with Gasteiger partial charge in [0, 0.05) is 4.47 Å². The Morgan fingerprint density at radius 2 is 1.93 bits per heavy atom. The van der Waals surface area contributed by atoms with Crippen LogP contribution in [0.25, 0.3) is 0 Å². The summed E-state index contributed by atoms with van der Waals surface area (Å²) in [5.41, 5.74) is 0.152. The van der Waals surface area contributed by atoms with Gasteiger partial charge < -0.3 is 5.11 Å². The first-order valence-electron chi connectivity index (χ1n) is 3.84. The summed E-state index contributed by atoms with van der Waals surface area (Å²) in [5.74, 6) is 0. The molecule has 0 aliphatic carbocycles. The van der Waals surface area contributed by atoms with Crippen molar-refractivity contribution >= 4 is 15.9 Å². The highest BCUT2D eigenvalue weighted by Gasteiger charge is 2.33. The summed E-state index contributed by atoms with van der Waals surface area (Å²) in [6, 6.07) is 2.34. The summed E-state index contributed by atoms with van der Waals surface area (Å²) in [7, 11) is 0. The molecular formula is C9H8BrF3O. The Morgan fingerprint density at radius 3 is 2.36 bits per heavy atom. The lowest BCUT2D eigenvalue weighted by molar-refractivity contribution is -0.138. The molecule has 0 aliphatic heterocycles. The van der Waals surface area contributed by atoms with Crippen LogP contribution in [-0.2, 0) is 12.8 Å². The maximum atomic E-state index is 12.4. The van der Waals surface area contributed by atoms with E-state index in [1.54, 1.807) is 6.92 Å². The number of hydrogen-bond donors (Lipinski definition) is 1.